The molecule has 0 spiro atoms. The first-order valence-electron chi connectivity index (χ1n) is 5.40. The fourth-order valence-corrected chi connectivity index (χ4v) is 2.16. The van der Waals surface area contributed by atoms with Crippen LogP contribution in [0.2, 0.25) is 0 Å². The Labute approximate surface area is 113 Å². The van der Waals surface area contributed by atoms with Gasteiger partial charge >= 0.3 is 5.97 Å². The van der Waals surface area contributed by atoms with Crippen molar-refractivity contribution in [3.8, 4) is 0 Å². The van der Waals surface area contributed by atoms with Gasteiger partial charge in [-0.3, -0.25) is 9.59 Å². The largest absolute Gasteiger partial charge is 0.480 e. The lowest BCUT2D eigenvalue weighted by Crippen LogP contribution is -2.47. The van der Waals surface area contributed by atoms with Crippen molar-refractivity contribution in [2.24, 2.45) is 0 Å². The van der Waals surface area contributed by atoms with Gasteiger partial charge in [-0.15, -0.1) is 11.3 Å². The molecule has 4 N–H and O–H groups in total. The molecule has 7 nitrogen and oxygen atoms in total. The van der Waals surface area contributed by atoms with Crippen LogP contribution in [-0.4, -0.2) is 40.1 Å². The van der Waals surface area contributed by atoms with E-state index in [9.17, 15) is 19.5 Å². The van der Waals surface area contributed by atoms with Crippen LogP contribution < -0.4 is 10.6 Å². The maximum Gasteiger partial charge on any atom is 0.328 e. The number of carbonyl (C=O) groups excluding carboxylic acids is 2. The number of carbonyl (C=O) groups is 3. The molecule has 0 aromatic carbocycles. The van der Waals surface area contributed by atoms with Gasteiger partial charge in [-0.2, -0.15) is 0 Å². The summed E-state index contributed by atoms with van der Waals surface area (Å²) in [6.45, 7) is 2.61. The number of aliphatic hydroxyl groups excluding tert-OH is 1. The van der Waals surface area contributed by atoms with E-state index in [2.05, 4.69) is 10.6 Å². The molecule has 104 valence electrons. The molecule has 2 amide bonds. The second kappa shape index (κ2) is 6.30. The summed E-state index contributed by atoms with van der Waals surface area (Å²) in [6, 6.07) is 1.63. The van der Waals surface area contributed by atoms with E-state index in [0.29, 0.717) is 5.00 Å². The number of aliphatic carboxylic acids is 1. The number of hydrogen-bond acceptors (Lipinski definition) is 5. The normalized spacial score (nSPS) is 13.4. The summed E-state index contributed by atoms with van der Waals surface area (Å²) in [5.41, 5.74) is 0. The highest BCUT2D eigenvalue weighted by molar-refractivity contribution is 7.18. The van der Waals surface area contributed by atoms with Crippen LogP contribution in [0.5, 0.6) is 0 Å². The van der Waals surface area contributed by atoms with Gasteiger partial charge in [-0.25, -0.2) is 4.79 Å². The van der Waals surface area contributed by atoms with Gasteiger partial charge in [0.05, 0.1) is 16.0 Å². The number of rotatable bonds is 5. The second-order valence-electron chi connectivity index (χ2n) is 3.88. The zero-order chi connectivity index (χ0) is 14.6. The Morgan fingerprint density at radius 3 is 2.42 bits per heavy atom. The number of nitrogens with one attached hydrogen (secondary N) is 2. The summed E-state index contributed by atoms with van der Waals surface area (Å²) in [7, 11) is 0. The number of thiophene rings is 1. The van der Waals surface area contributed by atoms with E-state index >= 15 is 0 Å². The van der Waals surface area contributed by atoms with Gasteiger partial charge in [0.2, 0.25) is 5.91 Å². The van der Waals surface area contributed by atoms with Crippen molar-refractivity contribution in [1.29, 1.82) is 0 Å². The average molecular weight is 286 g/mol. The number of hydrogen-bond donors (Lipinski definition) is 4. The van der Waals surface area contributed by atoms with Crippen LogP contribution in [0.4, 0.5) is 5.00 Å². The van der Waals surface area contributed by atoms with Gasteiger partial charge in [0.25, 0.3) is 5.91 Å². The van der Waals surface area contributed by atoms with Gasteiger partial charge < -0.3 is 20.8 Å². The molecule has 0 aliphatic rings. The molecule has 0 bridgehead atoms. The SMILES string of the molecule is CC(=O)Nc1ccc(C(=O)NC(C(=O)O)C(C)O)s1. The quantitative estimate of drug-likeness (QED) is 0.620. The molecule has 0 saturated carbocycles. The van der Waals surface area contributed by atoms with Crippen molar-refractivity contribution >= 4 is 34.1 Å². The fraction of sp³-hybridized carbons (Fsp3) is 0.364. The molecule has 19 heavy (non-hydrogen) atoms. The van der Waals surface area contributed by atoms with Gasteiger partial charge in [-0.1, -0.05) is 0 Å². The van der Waals surface area contributed by atoms with Crippen molar-refractivity contribution < 1.29 is 24.6 Å². The van der Waals surface area contributed by atoms with E-state index in [-0.39, 0.29) is 10.8 Å². The first-order chi connectivity index (χ1) is 8.81. The second-order valence-corrected chi connectivity index (χ2v) is 4.96. The molecule has 2 unspecified atom stereocenters. The van der Waals surface area contributed by atoms with E-state index in [1.807, 2.05) is 0 Å². The maximum atomic E-state index is 11.8. The zero-order valence-electron chi connectivity index (χ0n) is 10.3. The van der Waals surface area contributed by atoms with E-state index in [0.717, 1.165) is 11.3 Å². The summed E-state index contributed by atoms with van der Waals surface area (Å²) >= 11 is 1.02. The number of anilines is 1. The van der Waals surface area contributed by atoms with Crippen LogP contribution in [0.3, 0.4) is 0 Å². The van der Waals surface area contributed by atoms with E-state index in [1.165, 1.54) is 19.9 Å². The molecule has 1 rings (SSSR count). The van der Waals surface area contributed by atoms with Crippen LogP contribution >= 0.6 is 11.3 Å². The molecule has 0 fully saturated rings. The molecule has 0 saturated heterocycles. The third-order valence-electron chi connectivity index (χ3n) is 2.16. The van der Waals surface area contributed by atoms with Gasteiger partial charge in [0, 0.05) is 6.92 Å². The summed E-state index contributed by atoms with van der Waals surface area (Å²) in [5.74, 6) is -2.20. The van der Waals surface area contributed by atoms with Crippen molar-refractivity contribution in [2.45, 2.75) is 26.0 Å². The highest BCUT2D eigenvalue weighted by atomic mass is 32.1. The van der Waals surface area contributed by atoms with Gasteiger partial charge in [-0.05, 0) is 19.1 Å². The number of aliphatic hydroxyl groups is 1. The Kier molecular flexibility index (Phi) is 5.02. The molecule has 1 heterocycles. The zero-order valence-corrected chi connectivity index (χ0v) is 11.2. The van der Waals surface area contributed by atoms with Gasteiger partial charge in [0.15, 0.2) is 6.04 Å². The van der Waals surface area contributed by atoms with Crippen LogP contribution in [0.25, 0.3) is 0 Å². The Balaban J connectivity index is 2.75. The van der Waals surface area contributed by atoms with Gasteiger partial charge in [0.1, 0.15) is 0 Å². The minimum absolute atomic E-state index is 0.246. The van der Waals surface area contributed by atoms with Crippen LogP contribution in [-0.2, 0) is 9.59 Å². The monoisotopic (exact) mass is 286 g/mol. The number of carboxylic acid groups (broad SMARTS) is 1. The van der Waals surface area contributed by atoms with E-state index in [4.69, 9.17) is 5.11 Å². The Bertz CT molecular complexity index is 497. The predicted molar refractivity (Wildman–Crippen MR) is 69.2 cm³/mol. The maximum absolute atomic E-state index is 11.8. The first kappa shape index (κ1) is 15.1. The molecular formula is C11H14N2O5S. The predicted octanol–water partition coefficient (Wildman–Crippen LogP) is 0.270. The van der Waals surface area contributed by atoms with E-state index in [1.54, 1.807) is 6.07 Å². The lowest BCUT2D eigenvalue weighted by Gasteiger charge is -2.16. The third kappa shape index (κ3) is 4.34. The summed E-state index contributed by atoms with van der Waals surface area (Å²) < 4.78 is 0. The third-order valence-corrected chi connectivity index (χ3v) is 3.16. The fourth-order valence-electron chi connectivity index (χ4n) is 1.30. The molecule has 1 aromatic heterocycles. The first-order valence-corrected chi connectivity index (χ1v) is 6.22. The number of carboxylic acids is 1. The summed E-state index contributed by atoms with van der Waals surface area (Å²) in [6.07, 6.45) is -1.21. The van der Waals surface area contributed by atoms with E-state index < -0.39 is 24.0 Å². The van der Waals surface area contributed by atoms with Crippen molar-refractivity contribution in [3.05, 3.63) is 17.0 Å². The molecule has 0 aliphatic carbocycles. The smallest absolute Gasteiger partial charge is 0.328 e. The van der Waals surface area contributed by atoms with Crippen molar-refractivity contribution in [2.75, 3.05) is 5.32 Å². The molecule has 2 atom stereocenters. The van der Waals surface area contributed by atoms with Crippen molar-refractivity contribution in [3.63, 3.8) is 0 Å². The van der Waals surface area contributed by atoms with Crippen LogP contribution in [0.15, 0.2) is 12.1 Å². The minimum atomic E-state index is -1.38. The number of amides is 2. The lowest BCUT2D eigenvalue weighted by atomic mass is 10.2. The average Bonchev–Trinajstić information content (AvgIpc) is 2.72. The Morgan fingerprint density at radius 1 is 1.32 bits per heavy atom. The lowest BCUT2D eigenvalue weighted by molar-refractivity contribution is -0.141. The highest BCUT2D eigenvalue weighted by Gasteiger charge is 2.25. The molecule has 1 aromatic rings. The van der Waals surface area contributed by atoms with Crippen LogP contribution in [0, 0.1) is 0 Å². The minimum Gasteiger partial charge on any atom is -0.480 e. The standard InChI is InChI=1S/C11H14N2O5S/c1-5(14)9(11(17)18)13-10(16)7-3-4-8(19-7)12-6(2)15/h3-5,9,14H,1-2H3,(H,12,15)(H,13,16)(H,17,18). The van der Waals surface area contributed by atoms with Crippen molar-refractivity contribution in [1.82, 2.24) is 5.32 Å². The Hall–Kier alpha value is -1.93. The molecular weight excluding hydrogens is 272 g/mol. The molecule has 0 aliphatic heterocycles. The van der Waals surface area contributed by atoms with Crippen LogP contribution in [0.1, 0.15) is 23.5 Å². The topological polar surface area (TPSA) is 116 Å². The Morgan fingerprint density at radius 2 is 1.95 bits per heavy atom. The molecule has 0 radical (unpaired) electrons. The molecule has 8 heteroatoms. The summed E-state index contributed by atoms with van der Waals surface area (Å²) in [5, 5.41) is 23.3. The highest BCUT2D eigenvalue weighted by Crippen LogP contribution is 2.21. The summed E-state index contributed by atoms with van der Waals surface area (Å²) in [4.78, 5) is 33.7.